The molecule has 1 unspecified atom stereocenters. The number of anilines is 1. The van der Waals surface area contributed by atoms with Gasteiger partial charge in [-0.25, -0.2) is 13.2 Å². The molecular weight excluding hydrogens is 461 g/mol. The number of carbonyl (C=O) groups is 3. The second-order valence-electron chi connectivity index (χ2n) is 9.52. The summed E-state index contributed by atoms with van der Waals surface area (Å²) in [5.74, 6) is -5.26. The van der Waals surface area contributed by atoms with E-state index < -0.39 is 34.5 Å². The zero-order valence-electron chi connectivity index (χ0n) is 19.2. The minimum Gasteiger partial charge on any atom is -0.339 e. The lowest BCUT2D eigenvalue weighted by Gasteiger charge is -2.29. The minimum absolute atomic E-state index is 0.00471. The molecule has 0 radical (unpaired) electrons. The Morgan fingerprint density at radius 3 is 2.60 bits per heavy atom. The molecule has 1 saturated carbocycles. The van der Waals surface area contributed by atoms with E-state index in [9.17, 15) is 32.8 Å². The van der Waals surface area contributed by atoms with Crippen molar-refractivity contribution in [3.05, 3.63) is 58.7 Å². The van der Waals surface area contributed by atoms with E-state index >= 15 is 0 Å². The molecule has 4 rings (SSSR count). The van der Waals surface area contributed by atoms with Crippen LogP contribution >= 0.6 is 0 Å². The molecule has 2 aliphatic rings. The number of ketones is 1. The number of nitrogens with one attached hydrogen (secondary N) is 2. The van der Waals surface area contributed by atoms with Gasteiger partial charge in [0.15, 0.2) is 0 Å². The van der Waals surface area contributed by atoms with E-state index in [0.717, 1.165) is 6.92 Å². The lowest BCUT2D eigenvalue weighted by atomic mass is 9.71. The van der Waals surface area contributed by atoms with Gasteiger partial charge in [0.05, 0.1) is 17.9 Å². The van der Waals surface area contributed by atoms with Gasteiger partial charge < -0.3 is 10.6 Å². The first-order chi connectivity index (χ1) is 16.4. The van der Waals surface area contributed by atoms with Crippen LogP contribution in [0.25, 0.3) is 0 Å². The third-order valence-corrected chi connectivity index (χ3v) is 6.62. The van der Waals surface area contributed by atoms with E-state index in [1.54, 1.807) is 6.92 Å². The molecule has 7 nitrogen and oxygen atoms in total. The van der Waals surface area contributed by atoms with Crippen molar-refractivity contribution in [1.82, 2.24) is 10.3 Å². The third kappa shape index (κ3) is 4.76. The van der Waals surface area contributed by atoms with Crippen LogP contribution in [0.1, 0.15) is 60.3 Å². The number of Topliss-reactive ketones (excluding diaryl/α,β-unsaturated/α-hetero) is 1. The van der Waals surface area contributed by atoms with Crippen LogP contribution in [0, 0.1) is 17.1 Å². The summed E-state index contributed by atoms with van der Waals surface area (Å²) in [6.07, 6.45) is 1.27. The van der Waals surface area contributed by atoms with E-state index in [0.29, 0.717) is 11.1 Å². The average Bonchev–Trinajstić information content (AvgIpc) is 3.56. The van der Waals surface area contributed by atoms with Crippen LogP contribution in [0.15, 0.2) is 30.5 Å². The molecule has 10 heteroatoms. The van der Waals surface area contributed by atoms with Gasteiger partial charge >= 0.3 is 0 Å². The maximum absolute atomic E-state index is 14.8. The SMILES string of the molecule is CC1(C#N)CC(=O)Cc2cc(CC(=O)Nc3ccnc(C(=O)NC4(C(C)(F)F)CC4)c3)c(F)cc21. The number of nitrogens with zero attached hydrogens (tertiary/aromatic N) is 2. The number of benzene rings is 1. The number of pyridine rings is 1. The topological polar surface area (TPSA) is 112 Å². The zero-order valence-corrected chi connectivity index (χ0v) is 19.2. The Morgan fingerprint density at radius 1 is 1.26 bits per heavy atom. The zero-order chi connectivity index (χ0) is 25.6. The Balaban J connectivity index is 1.47. The number of amides is 2. The molecule has 1 aromatic heterocycles. The van der Waals surface area contributed by atoms with Gasteiger partial charge in [-0.2, -0.15) is 5.26 Å². The molecular formula is C25H23F3N4O3. The largest absolute Gasteiger partial charge is 0.339 e. The van der Waals surface area contributed by atoms with Crippen LogP contribution < -0.4 is 10.6 Å². The third-order valence-electron chi connectivity index (χ3n) is 6.62. The highest BCUT2D eigenvalue weighted by Crippen LogP contribution is 2.48. The molecule has 0 aliphatic heterocycles. The summed E-state index contributed by atoms with van der Waals surface area (Å²) in [6, 6.07) is 7.38. The van der Waals surface area contributed by atoms with Crippen molar-refractivity contribution in [2.24, 2.45) is 0 Å². The number of hydrogen-bond donors (Lipinski definition) is 2. The maximum Gasteiger partial charge on any atom is 0.270 e. The average molecular weight is 484 g/mol. The van der Waals surface area contributed by atoms with E-state index in [4.69, 9.17) is 0 Å². The second kappa shape index (κ2) is 8.48. The molecule has 182 valence electrons. The number of hydrogen-bond acceptors (Lipinski definition) is 5. The maximum atomic E-state index is 14.8. The van der Waals surface area contributed by atoms with Gasteiger partial charge in [0.25, 0.3) is 11.8 Å². The second-order valence-corrected chi connectivity index (χ2v) is 9.52. The molecule has 2 amide bonds. The number of halogens is 3. The Labute approximate surface area is 199 Å². The smallest absolute Gasteiger partial charge is 0.270 e. The highest BCUT2D eigenvalue weighted by molar-refractivity contribution is 5.96. The number of fused-ring (bicyclic) bond motifs is 1. The van der Waals surface area contributed by atoms with E-state index in [2.05, 4.69) is 21.7 Å². The fourth-order valence-electron chi connectivity index (χ4n) is 4.42. The molecule has 2 aromatic rings. The Hall–Kier alpha value is -3.74. The molecule has 0 saturated heterocycles. The van der Waals surface area contributed by atoms with Crippen molar-refractivity contribution in [3.8, 4) is 6.07 Å². The van der Waals surface area contributed by atoms with Crippen LogP contribution in [-0.2, 0) is 27.8 Å². The summed E-state index contributed by atoms with van der Waals surface area (Å²) in [5, 5.41) is 14.4. The molecule has 1 atom stereocenters. The van der Waals surface area contributed by atoms with Crippen molar-refractivity contribution in [2.75, 3.05) is 5.32 Å². The monoisotopic (exact) mass is 484 g/mol. The first-order valence-electron chi connectivity index (χ1n) is 11.1. The van der Waals surface area contributed by atoms with Gasteiger partial charge in [-0.3, -0.25) is 19.4 Å². The van der Waals surface area contributed by atoms with Crippen LogP contribution in [0.5, 0.6) is 0 Å². The molecule has 1 fully saturated rings. The van der Waals surface area contributed by atoms with Crippen molar-refractivity contribution in [3.63, 3.8) is 0 Å². The van der Waals surface area contributed by atoms with Gasteiger partial charge in [0.2, 0.25) is 5.91 Å². The summed E-state index contributed by atoms with van der Waals surface area (Å²) in [6.45, 7) is 2.33. The summed E-state index contributed by atoms with van der Waals surface area (Å²) >= 11 is 0. The van der Waals surface area contributed by atoms with E-state index in [1.807, 2.05) is 0 Å². The molecule has 1 aromatic carbocycles. The standard InChI is InChI=1S/C25H23F3N4O3/c1-23(13-29)12-17(33)8-14-7-15(19(26)11-18(14)23)9-21(34)31-16-3-6-30-20(10-16)22(35)32-25(4-5-25)24(2,27)28/h3,6-7,10-11H,4-5,8-9,12H2,1-2H3,(H,32,35)(H,30,31,34). The number of aromatic nitrogens is 1. The van der Waals surface area contributed by atoms with Crippen LogP contribution in [-0.4, -0.2) is 34.0 Å². The van der Waals surface area contributed by atoms with E-state index in [1.165, 1.54) is 30.5 Å². The summed E-state index contributed by atoms with van der Waals surface area (Å²) in [7, 11) is 0. The highest BCUT2D eigenvalue weighted by atomic mass is 19.3. The van der Waals surface area contributed by atoms with Crippen LogP contribution in [0.4, 0.5) is 18.9 Å². The lowest BCUT2D eigenvalue weighted by molar-refractivity contribution is -0.119. The molecule has 1 heterocycles. The van der Waals surface area contributed by atoms with Crippen LogP contribution in [0.2, 0.25) is 0 Å². The number of carbonyl (C=O) groups excluding carboxylic acids is 3. The molecule has 2 aliphatic carbocycles. The molecule has 2 N–H and O–H groups in total. The van der Waals surface area contributed by atoms with Gasteiger partial charge in [-0.1, -0.05) is 6.07 Å². The van der Waals surface area contributed by atoms with Crippen molar-refractivity contribution >= 4 is 23.3 Å². The molecule has 0 bridgehead atoms. The van der Waals surface area contributed by atoms with Gasteiger partial charge in [0.1, 0.15) is 22.8 Å². The van der Waals surface area contributed by atoms with Crippen LogP contribution in [0.3, 0.4) is 0 Å². The fourth-order valence-corrected chi connectivity index (χ4v) is 4.42. The van der Waals surface area contributed by atoms with Crippen molar-refractivity contribution in [2.45, 2.75) is 62.8 Å². The summed E-state index contributed by atoms with van der Waals surface area (Å²) < 4.78 is 42.3. The van der Waals surface area contributed by atoms with Gasteiger partial charge in [0, 0.05) is 31.6 Å². The van der Waals surface area contributed by atoms with Crippen molar-refractivity contribution in [1.29, 1.82) is 5.26 Å². The lowest BCUT2D eigenvalue weighted by Crippen LogP contribution is -2.48. The summed E-state index contributed by atoms with van der Waals surface area (Å²) in [5.41, 5.74) is -1.65. The van der Waals surface area contributed by atoms with E-state index in [-0.39, 0.29) is 54.8 Å². The Kier molecular flexibility index (Phi) is 5.91. The molecule has 35 heavy (non-hydrogen) atoms. The Bertz CT molecular complexity index is 1280. The highest BCUT2D eigenvalue weighted by Gasteiger charge is 2.60. The fraction of sp³-hybridized carbons (Fsp3) is 0.400. The number of alkyl halides is 2. The van der Waals surface area contributed by atoms with Gasteiger partial charge in [-0.05, 0) is 54.7 Å². The number of nitriles is 1. The predicted molar refractivity (Wildman–Crippen MR) is 119 cm³/mol. The predicted octanol–water partition coefficient (Wildman–Crippen LogP) is 3.62. The minimum atomic E-state index is -3.08. The normalized spacial score (nSPS) is 20.4. The van der Waals surface area contributed by atoms with Gasteiger partial charge in [-0.15, -0.1) is 0 Å². The first kappa shape index (κ1) is 24.4. The van der Waals surface area contributed by atoms with Crippen molar-refractivity contribution < 1.29 is 27.6 Å². The summed E-state index contributed by atoms with van der Waals surface area (Å²) in [4.78, 5) is 41.0. The quantitative estimate of drug-likeness (QED) is 0.651. The molecule has 0 spiro atoms. The first-order valence-corrected chi connectivity index (χ1v) is 11.1. The Morgan fingerprint density at radius 2 is 1.97 bits per heavy atom. The number of rotatable bonds is 6.